The maximum absolute atomic E-state index is 12.5. The molecule has 3 aromatic carbocycles. The number of nitrogens with one attached hydrogen (secondary N) is 2. The summed E-state index contributed by atoms with van der Waals surface area (Å²) in [5, 5.41) is 5.70. The first kappa shape index (κ1) is 17.5. The van der Waals surface area contributed by atoms with Crippen LogP contribution in [0.5, 0.6) is 5.75 Å². The monoisotopic (exact) mass is 366 g/mol. The summed E-state index contributed by atoms with van der Waals surface area (Å²) in [5.41, 5.74) is 1.31. The zero-order chi connectivity index (χ0) is 18.4. The zero-order valence-electron chi connectivity index (χ0n) is 13.6. The van der Waals surface area contributed by atoms with Gasteiger partial charge in [-0.3, -0.25) is 10.1 Å². The summed E-state index contributed by atoms with van der Waals surface area (Å²) in [6.45, 7) is 0. The first-order valence-electron chi connectivity index (χ1n) is 7.82. The number of para-hydroxylation sites is 3. The average molecular weight is 367 g/mol. The van der Waals surface area contributed by atoms with Gasteiger partial charge in [-0.25, -0.2) is 4.79 Å². The van der Waals surface area contributed by atoms with Gasteiger partial charge in [-0.2, -0.15) is 0 Å². The minimum Gasteiger partial charge on any atom is -0.409 e. The van der Waals surface area contributed by atoms with Crippen molar-refractivity contribution >= 4 is 35.0 Å². The SMILES string of the molecule is O=C(Nc1ccccc1Cl)Oc1ccccc1C(=O)Nc1ccccc1. The summed E-state index contributed by atoms with van der Waals surface area (Å²) in [5.74, 6) is -0.233. The molecule has 130 valence electrons. The molecular formula is C20H15ClN2O3. The molecule has 26 heavy (non-hydrogen) atoms. The second-order valence-corrected chi connectivity index (χ2v) is 5.72. The average Bonchev–Trinajstić information content (AvgIpc) is 2.65. The largest absolute Gasteiger partial charge is 0.417 e. The maximum atomic E-state index is 12.5. The van der Waals surface area contributed by atoms with Gasteiger partial charge in [0.2, 0.25) is 0 Å². The lowest BCUT2D eigenvalue weighted by Gasteiger charge is -2.11. The molecule has 3 aromatic rings. The second kappa shape index (κ2) is 8.18. The number of hydrogen-bond acceptors (Lipinski definition) is 3. The molecule has 0 unspecified atom stereocenters. The van der Waals surface area contributed by atoms with E-state index in [0.29, 0.717) is 16.4 Å². The Bertz CT molecular complexity index is 929. The molecule has 0 radical (unpaired) electrons. The molecule has 6 heteroatoms. The van der Waals surface area contributed by atoms with E-state index in [0.717, 1.165) is 0 Å². The molecule has 2 N–H and O–H groups in total. The Morgan fingerprint density at radius 3 is 2.19 bits per heavy atom. The Balaban J connectivity index is 1.73. The van der Waals surface area contributed by atoms with Gasteiger partial charge < -0.3 is 10.1 Å². The van der Waals surface area contributed by atoms with E-state index >= 15 is 0 Å². The van der Waals surface area contributed by atoms with Crippen LogP contribution in [-0.2, 0) is 0 Å². The van der Waals surface area contributed by atoms with Crippen LogP contribution in [0.15, 0.2) is 78.9 Å². The number of hydrogen-bond donors (Lipinski definition) is 2. The Morgan fingerprint density at radius 2 is 1.42 bits per heavy atom. The van der Waals surface area contributed by atoms with E-state index in [1.54, 1.807) is 60.7 Å². The van der Waals surface area contributed by atoms with Gasteiger partial charge in [0.05, 0.1) is 16.3 Å². The van der Waals surface area contributed by atoms with Gasteiger partial charge in [-0.15, -0.1) is 0 Å². The molecule has 0 aliphatic heterocycles. The van der Waals surface area contributed by atoms with E-state index in [2.05, 4.69) is 10.6 Å². The van der Waals surface area contributed by atoms with E-state index in [1.807, 2.05) is 18.2 Å². The zero-order valence-corrected chi connectivity index (χ0v) is 14.4. The van der Waals surface area contributed by atoms with Crippen molar-refractivity contribution in [3.63, 3.8) is 0 Å². The number of rotatable bonds is 4. The molecule has 2 amide bonds. The summed E-state index contributed by atoms with van der Waals surface area (Å²) in [4.78, 5) is 24.6. The minimum atomic E-state index is -0.738. The van der Waals surface area contributed by atoms with Crippen LogP contribution in [0.2, 0.25) is 5.02 Å². The van der Waals surface area contributed by atoms with Crippen LogP contribution in [0.4, 0.5) is 16.2 Å². The number of carbonyl (C=O) groups is 2. The smallest absolute Gasteiger partial charge is 0.409 e. The highest BCUT2D eigenvalue weighted by Gasteiger charge is 2.15. The summed E-state index contributed by atoms with van der Waals surface area (Å²) in [6, 6.07) is 22.3. The molecule has 0 bridgehead atoms. The van der Waals surface area contributed by atoms with Gasteiger partial charge in [0.25, 0.3) is 5.91 Å². The predicted molar refractivity (Wildman–Crippen MR) is 102 cm³/mol. The van der Waals surface area contributed by atoms with Crippen LogP contribution in [0.25, 0.3) is 0 Å². The molecular weight excluding hydrogens is 352 g/mol. The Labute approximate surface area is 155 Å². The maximum Gasteiger partial charge on any atom is 0.417 e. The highest BCUT2D eigenvalue weighted by atomic mass is 35.5. The number of ether oxygens (including phenoxy) is 1. The van der Waals surface area contributed by atoms with Crippen molar-refractivity contribution in [2.75, 3.05) is 10.6 Å². The second-order valence-electron chi connectivity index (χ2n) is 5.31. The number of anilines is 2. The van der Waals surface area contributed by atoms with Crippen LogP contribution in [0.1, 0.15) is 10.4 Å². The molecule has 0 aliphatic carbocycles. The minimum absolute atomic E-state index is 0.144. The highest BCUT2D eigenvalue weighted by molar-refractivity contribution is 6.33. The van der Waals surface area contributed by atoms with Crippen molar-refractivity contribution in [3.8, 4) is 5.75 Å². The van der Waals surface area contributed by atoms with Gasteiger partial charge in [-0.1, -0.05) is 54.1 Å². The van der Waals surface area contributed by atoms with E-state index < -0.39 is 6.09 Å². The highest BCUT2D eigenvalue weighted by Crippen LogP contribution is 2.23. The summed E-state index contributed by atoms with van der Waals surface area (Å²) < 4.78 is 5.29. The van der Waals surface area contributed by atoms with Gasteiger partial charge in [0, 0.05) is 5.69 Å². The first-order valence-corrected chi connectivity index (χ1v) is 8.20. The molecule has 0 saturated heterocycles. The molecule has 0 saturated carbocycles. The van der Waals surface area contributed by atoms with Crippen LogP contribution < -0.4 is 15.4 Å². The molecule has 3 rings (SSSR count). The molecule has 0 spiro atoms. The standard InChI is InChI=1S/C20H15ClN2O3/c21-16-11-5-6-12-17(16)23-20(25)26-18-13-7-4-10-15(18)19(24)22-14-8-2-1-3-9-14/h1-13H,(H,22,24)(H,23,25). The van der Waals surface area contributed by atoms with E-state index in [9.17, 15) is 9.59 Å². The van der Waals surface area contributed by atoms with E-state index in [-0.39, 0.29) is 17.2 Å². The van der Waals surface area contributed by atoms with Crippen molar-refractivity contribution in [1.82, 2.24) is 0 Å². The number of halogens is 1. The summed E-state index contributed by atoms with van der Waals surface area (Å²) in [7, 11) is 0. The Kier molecular flexibility index (Phi) is 5.51. The fourth-order valence-electron chi connectivity index (χ4n) is 2.26. The molecule has 0 atom stereocenters. The van der Waals surface area contributed by atoms with Crippen LogP contribution in [0, 0.1) is 0 Å². The fourth-order valence-corrected chi connectivity index (χ4v) is 2.44. The van der Waals surface area contributed by atoms with Crippen LogP contribution in [-0.4, -0.2) is 12.0 Å². The molecule has 5 nitrogen and oxygen atoms in total. The van der Waals surface area contributed by atoms with Crippen molar-refractivity contribution in [2.24, 2.45) is 0 Å². The third kappa shape index (κ3) is 4.40. The summed E-state index contributed by atoms with van der Waals surface area (Å²) >= 11 is 6.01. The van der Waals surface area contributed by atoms with Gasteiger partial charge in [0.1, 0.15) is 5.75 Å². The third-order valence-electron chi connectivity index (χ3n) is 3.48. The summed E-state index contributed by atoms with van der Waals surface area (Å²) in [6.07, 6.45) is -0.738. The van der Waals surface area contributed by atoms with Gasteiger partial charge in [-0.05, 0) is 36.4 Å². The first-order chi connectivity index (χ1) is 12.6. The molecule has 0 aromatic heterocycles. The predicted octanol–water partition coefficient (Wildman–Crippen LogP) is 5.20. The lowest BCUT2D eigenvalue weighted by Crippen LogP contribution is -2.20. The normalized spacial score (nSPS) is 10.0. The quantitative estimate of drug-likeness (QED) is 0.666. The van der Waals surface area contributed by atoms with Crippen molar-refractivity contribution < 1.29 is 14.3 Å². The lowest BCUT2D eigenvalue weighted by molar-refractivity contribution is 0.102. The van der Waals surface area contributed by atoms with Gasteiger partial charge in [0.15, 0.2) is 0 Å². The van der Waals surface area contributed by atoms with Crippen LogP contribution in [0.3, 0.4) is 0 Å². The number of amides is 2. The number of carbonyl (C=O) groups excluding carboxylic acids is 2. The molecule has 0 aliphatic rings. The molecule has 0 fully saturated rings. The van der Waals surface area contributed by atoms with E-state index in [4.69, 9.17) is 16.3 Å². The fraction of sp³-hybridized carbons (Fsp3) is 0. The van der Waals surface area contributed by atoms with E-state index in [1.165, 1.54) is 0 Å². The Morgan fingerprint density at radius 1 is 0.769 bits per heavy atom. The van der Waals surface area contributed by atoms with Crippen molar-refractivity contribution in [2.45, 2.75) is 0 Å². The molecule has 0 heterocycles. The number of benzene rings is 3. The lowest BCUT2D eigenvalue weighted by atomic mass is 10.2. The third-order valence-corrected chi connectivity index (χ3v) is 3.81. The van der Waals surface area contributed by atoms with Crippen molar-refractivity contribution in [3.05, 3.63) is 89.4 Å². The van der Waals surface area contributed by atoms with Crippen LogP contribution >= 0.6 is 11.6 Å². The van der Waals surface area contributed by atoms with Gasteiger partial charge >= 0.3 is 6.09 Å². The Hall–Kier alpha value is -3.31. The van der Waals surface area contributed by atoms with Crippen molar-refractivity contribution in [1.29, 1.82) is 0 Å². The topological polar surface area (TPSA) is 67.4 Å².